The van der Waals surface area contributed by atoms with Gasteiger partial charge in [0.25, 0.3) is 0 Å². The van der Waals surface area contributed by atoms with Crippen LogP contribution in [-0.2, 0) is 11.3 Å². The molecule has 0 amide bonds. The Kier molecular flexibility index (Phi) is 3.25. The minimum Gasteiger partial charge on any atom is -0.465 e. The van der Waals surface area contributed by atoms with Gasteiger partial charge < -0.3 is 9.84 Å². The van der Waals surface area contributed by atoms with Gasteiger partial charge in [-0.15, -0.1) is 0 Å². The first-order valence-corrected chi connectivity index (χ1v) is 4.40. The van der Waals surface area contributed by atoms with Gasteiger partial charge in [-0.3, -0.25) is 0 Å². The third-order valence-corrected chi connectivity index (χ3v) is 2.40. The molecule has 0 atom stereocenters. The molecule has 0 saturated carbocycles. The first-order chi connectivity index (χ1) is 6.61. The van der Waals surface area contributed by atoms with Gasteiger partial charge >= 0.3 is 5.97 Å². The zero-order valence-corrected chi connectivity index (χ0v) is 8.63. The van der Waals surface area contributed by atoms with Crippen LogP contribution in [0.2, 0.25) is 0 Å². The van der Waals surface area contributed by atoms with E-state index in [1.165, 1.54) is 7.11 Å². The Morgan fingerprint density at radius 3 is 2.57 bits per heavy atom. The molecular weight excluding hydrogens is 180 g/mol. The minimum absolute atomic E-state index is 0.0531. The lowest BCUT2D eigenvalue weighted by molar-refractivity contribution is 0.0599. The Balaban J connectivity index is 3.28. The van der Waals surface area contributed by atoms with Gasteiger partial charge in [-0.25, -0.2) is 4.79 Å². The van der Waals surface area contributed by atoms with Crippen molar-refractivity contribution in [2.45, 2.75) is 20.5 Å². The lowest BCUT2D eigenvalue weighted by Gasteiger charge is -2.10. The monoisotopic (exact) mass is 194 g/mol. The van der Waals surface area contributed by atoms with Gasteiger partial charge in [0, 0.05) is 0 Å². The highest BCUT2D eigenvalue weighted by molar-refractivity contribution is 5.91. The number of hydrogen-bond acceptors (Lipinski definition) is 3. The van der Waals surface area contributed by atoms with Crippen molar-refractivity contribution < 1.29 is 14.6 Å². The van der Waals surface area contributed by atoms with Crippen molar-refractivity contribution in [2.75, 3.05) is 7.11 Å². The van der Waals surface area contributed by atoms with Gasteiger partial charge in [0.2, 0.25) is 0 Å². The van der Waals surface area contributed by atoms with E-state index in [1.54, 1.807) is 6.07 Å². The Labute approximate surface area is 83.3 Å². The molecule has 0 radical (unpaired) electrons. The second-order valence-corrected chi connectivity index (χ2v) is 3.18. The fourth-order valence-corrected chi connectivity index (χ4v) is 1.47. The van der Waals surface area contributed by atoms with Crippen molar-refractivity contribution in [3.63, 3.8) is 0 Å². The van der Waals surface area contributed by atoms with Gasteiger partial charge in [0.1, 0.15) is 0 Å². The van der Waals surface area contributed by atoms with Crippen molar-refractivity contribution >= 4 is 5.97 Å². The topological polar surface area (TPSA) is 46.5 Å². The number of esters is 1. The number of aliphatic hydroxyl groups is 1. The molecule has 1 aromatic carbocycles. The van der Waals surface area contributed by atoms with Gasteiger partial charge in [0.15, 0.2) is 0 Å². The second-order valence-electron chi connectivity index (χ2n) is 3.18. The number of carbonyl (C=O) groups is 1. The number of aliphatic hydroxyl groups excluding tert-OH is 1. The molecule has 0 saturated heterocycles. The van der Waals surface area contributed by atoms with Gasteiger partial charge in [-0.1, -0.05) is 6.07 Å². The molecule has 3 heteroatoms. The largest absolute Gasteiger partial charge is 0.465 e. The number of carbonyl (C=O) groups excluding carboxylic acids is 1. The fraction of sp³-hybridized carbons (Fsp3) is 0.364. The van der Waals surface area contributed by atoms with Crippen molar-refractivity contribution in [1.29, 1.82) is 0 Å². The molecule has 0 aliphatic heterocycles. The molecule has 0 fully saturated rings. The van der Waals surface area contributed by atoms with E-state index >= 15 is 0 Å². The minimum atomic E-state index is -0.364. The predicted molar refractivity (Wildman–Crippen MR) is 53.2 cm³/mol. The van der Waals surface area contributed by atoms with Crippen LogP contribution in [0.25, 0.3) is 0 Å². The molecule has 0 aliphatic rings. The van der Waals surface area contributed by atoms with Crippen LogP contribution < -0.4 is 0 Å². The fourth-order valence-electron chi connectivity index (χ4n) is 1.47. The summed E-state index contributed by atoms with van der Waals surface area (Å²) in [5.41, 5.74) is 3.09. The third kappa shape index (κ3) is 1.77. The number of ether oxygens (including phenoxy) is 1. The SMILES string of the molecule is COC(=O)c1ccc(C)c(CO)c1C. The van der Waals surface area contributed by atoms with Gasteiger partial charge in [-0.2, -0.15) is 0 Å². The van der Waals surface area contributed by atoms with E-state index in [1.807, 2.05) is 19.9 Å². The first kappa shape index (κ1) is 10.7. The lowest BCUT2D eigenvalue weighted by atomic mass is 9.98. The molecule has 1 rings (SSSR count). The van der Waals surface area contributed by atoms with Crippen molar-refractivity contribution in [1.82, 2.24) is 0 Å². The molecule has 0 aromatic heterocycles. The average molecular weight is 194 g/mol. The zero-order chi connectivity index (χ0) is 10.7. The van der Waals surface area contributed by atoms with Crippen molar-refractivity contribution in [3.05, 3.63) is 34.4 Å². The van der Waals surface area contributed by atoms with E-state index in [9.17, 15) is 4.79 Å². The second kappa shape index (κ2) is 4.24. The smallest absolute Gasteiger partial charge is 0.338 e. The van der Waals surface area contributed by atoms with Crippen LogP contribution in [0.1, 0.15) is 27.0 Å². The van der Waals surface area contributed by atoms with E-state index < -0.39 is 0 Å². The quantitative estimate of drug-likeness (QED) is 0.727. The molecule has 0 spiro atoms. The van der Waals surface area contributed by atoms with E-state index in [0.29, 0.717) is 5.56 Å². The van der Waals surface area contributed by atoms with Crippen LogP contribution in [0.4, 0.5) is 0 Å². The van der Waals surface area contributed by atoms with Crippen LogP contribution in [-0.4, -0.2) is 18.2 Å². The molecule has 1 aromatic rings. The van der Waals surface area contributed by atoms with Crippen LogP contribution in [0.5, 0.6) is 0 Å². The van der Waals surface area contributed by atoms with Crippen molar-refractivity contribution in [2.24, 2.45) is 0 Å². The molecule has 0 aliphatic carbocycles. The Bertz CT molecular complexity index is 356. The van der Waals surface area contributed by atoms with Crippen LogP contribution in [0.3, 0.4) is 0 Å². The molecule has 0 bridgehead atoms. The highest BCUT2D eigenvalue weighted by Gasteiger charge is 2.12. The summed E-state index contributed by atoms with van der Waals surface area (Å²) in [5.74, 6) is -0.364. The van der Waals surface area contributed by atoms with E-state index in [2.05, 4.69) is 4.74 Å². The predicted octanol–water partition coefficient (Wildman–Crippen LogP) is 1.58. The van der Waals surface area contributed by atoms with Crippen LogP contribution >= 0.6 is 0 Å². The summed E-state index contributed by atoms with van der Waals surface area (Å²) in [5, 5.41) is 9.13. The molecule has 0 heterocycles. The average Bonchev–Trinajstić information content (AvgIpc) is 2.18. The summed E-state index contributed by atoms with van der Waals surface area (Å²) < 4.78 is 4.64. The first-order valence-electron chi connectivity index (χ1n) is 4.40. The summed E-state index contributed by atoms with van der Waals surface area (Å²) in [6.45, 7) is 3.66. The highest BCUT2D eigenvalue weighted by atomic mass is 16.5. The molecule has 14 heavy (non-hydrogen) atoms. The Hall–Kier alpha value is -1.35. The van der Waals surface area contributed by atoms with Crippen molar-refractivity contribution in [3.8, 4) is 0 Å². The lowest BCUT2D eigenvalue weighted by Crippen LogP contribution is -2.07. The molecule has 3 nitrogen and oxygen atoms in total. The number of rotatable bonds is 2. The summed E-state index contributed by atoms with van der Waals surface area (Å²) in [6, 6.07) is 3.53. The third-order valence-electron chi connectivity index (χ3n) is 2.40. The maximum absolute atomic E-state index is 11.3. The zero-order valence-electron chi connectivity index (χ0n) is 8.63. The summed E-state index contributed by atoms with van der Waals surface area (Å²) in [6.07, 6.45) is 0. The maximum Gasteiger partial charge on any atom is 0.338 e. The summed E-state index contributed by atoms with van der Waals surface area (Å²) >= 11 is 0. The van der Waals surface area contributed by atoms with E-state index in [-0.39, 0.29) is 12.6 Å². The number of hydrogen-bond donors (Lipinski definition) is 1. The molecule has 1 N–H and O–H groups in total. The van der Waals surface area contributed by atoms with Crippen LogP contribution in [0.15, 0.2) is 12.1 Å². The Morgan fingerprint density at radius 2 is 2.07 bits per heavy atom. The Morgan fingerprint density at radius 1 is 1.43 bits per heavy atom. The highest BCUT2D eigenvalue weighted by Crippen LogP contribution is 2.18. The van der Waals surface area contributed by atoms with E-state index in [4.69, 9.17) is 5.11 Å². The van der Waals surface area contributed by atoms with E-state index in [0.717, 1.165) is 16.7 Å². The number of methoxy groups -OCH3 is 1. The molecule has 0 unspecified atom stereocenters. The summed E-state index contributed by atoms with van der Waals surface area (Å²) in [7, 11) is 1.35. The normalized spacial score (nSPS) is 10.0. The number of aryl methyl sites for hydroxylation is 1. The molecular formula is C11H14O3. The molecule has 76 valence electrons. The van der Waals surface area contributed by atoms with Crippen LogP contribution in [0, 0.1) is 13.8 Å². The number of benzene rings is 1. The summed E-state index contributed by atoms with van der Waals surface area (Å²) in [4.78, 5) is 11.3. The maximum atomic E-state index is 11.3. The van der Waals surface area contributed by atoms with Gasteiger partial charge in [-0.05, 0) is 36.6 Å². The van der Waals surface area contributed by atoms with Gasteiger partial charge in [0.05, 0.1) is 19.3 Å². The standard InChI is InChI=1S/C11H14O3/c1-7-4-5-9(11(13)14-3)8(2)10(7)6-12/h4-5,12H,6H2,1-3H3.